The highest BCUT2D eigenvalue weighted by Crippen LogP contribution is 2.12. The number of benzene rings is 1. The fourth-order valence-corrected chi connectivity index (χ4v) is 2.26. The lowest BCUT2D eigenvalue weighted by atomic mass is 10.1. The highest BCUT2D eigenvalue weighted by Gasteiger charge is 2.16. The van der Waals surface area contributed by atoms with Gasteiger partial charge in [0.2, 0.25) is 5.91 Å². The lowest BCUT2D eigenvalue weighted by molar-refractivity contribution is -0.146. The van der Waals surface area contributed by atoms with Crippen LogP contribution >= 0.6 is 12.2 Å². The van der Waals surface area contributed by atoms with E-state index in [9.17, 15) is 14.4 Å². The second-order valence-corrected chi connectivity index (χ2v) is 7.41. The van der Waals surface area contributed by atoms with Crippen molar-refractivity contribution in [1.82, 2.24) is 10.6 Å². The van der Waals surface area contributed by atoms with Crippen LogP contribution in [0.25, 0.3) is 0 Å². The molecule has 3 N–H and O–H groups in total. The predicted molar refractivity (Wildman–Crippen MR) is 110 cm³/mol. The van der Waals surface area contributed by atoms with E-state index in [0.717, 1.165) is 0 Å². The Hall–Kier alpha value is -2.52. The number of carbonyl (C=O) groups is 3. The van der Waals surface area contributed by atoms with Crippen molar-refractivity contribution in [2.24, 2.45) is 0 Å². The molecule has 0 spiro atoms. The number of esters is 1. The summed E-state index contributed by atoms with van der Waals surface area (Å²) >= 11 is 5.10. The van der Waals surface area contributed by atoms with Gasteiger partial charge < -0.3 is 25.4 Å². The molecule has 0 radical (unpaired) electrons. The van der Waals surface area contributed by atoms with Crippen LogP contribution in [0.3, 0.4) is 0 Å². The molecule has 0 unspecified atom stereocenters. The number of carbonyl (C=O) groups excluding carboxylic acids is 3. The zero-order chi connectivity index (χ0) is 21.2. The zero-order valence-corrected chi connectivity index (χ0v) is 17.4. The maximum Gasteiger partial charge on any atom is 0.306 e. The Balaban J connectivity index is 2.48. The van der Waals surface area contributed by atoms with E-state index in [2.05, 4.69) is 16.0 Å². The molecule has 1 aromatic rings. The number of amides is 2. The van der Waals surface area contributed by atoms with Crippen molar-refractivity contribution in [2.45, 2.75) is 39.2 Å². The molecular weight excluding hydrogens is 382 g/mol. The third-order valence-corrected chi connectivity index (χ3v) is 3.43. The molecule has 1 aromatic carbocycles. The fourth-order valence-electron chi connectivity index (χ4n) is 2.03. The molecule has 0 aliphatic carbocycles. The van der Waals surface area contributed by atoms with Gasteiger partial charge in [-0.3, -0.25) is 14.4 Å². The predicted octanol–water partition coefficient (Wildman–Crippen LogP) is 2.00. The number of hydrogen-bond acceptors (Lipinski definition) is 6. The molecule has 0 fully saturated rings. The van der Waals surface area contributed by atoms with E-state index < -0.39 is 11.9 Å². The van der Waals surface area contributed by atoms with Crippen LogP contribution in [0.4, 0.5) is 5.69 Å². The summed E-state index contributed by atoms with van der Waals surface area (Å²) < 4.78 is 9.64. The first-order valence-corrected chi connectivity index (χ1v) is 9.19. The van der Waals surface area contributed by atoms with Gasteiger partial charge in [-0.05, 0) is 51.2 Å². The summed E-state index contributed by atoms with van der Waals surface area (Å²) in [6.07, 6.45) is -0.109. The van der Waals surface area contributed by atoms with Gasteiger partial charge in [0, 0.05) is 30.3 Å². The summed E-state index contributed by atoms with van der Waals surface area (Å²) in [4.78, 5) is 35.6. The van der Waals surface area contributed by atoms with Gasteiger partial charge >= 0.3 is 5.97 Å². The van der Waals surface area contributed by atoms with Crippen molar-refractivity contribution in [1.29, 1.82) is 0 Å². The summed E-state index contributed by atoms with van der Waals surface area (Å²) in [5.41, 5.74) is 0.674. The summed E-state index contributed by atoms with van der Waals surface area (Å²) in [5, 5.41) is 8.28. The van der Waals surface area contributed by atoms with Crippen LogP contribution in [0, 0.1) is 0 Å². The van der Waals surface area contributed by atoms with E-state index >= 15 is 0 Å². The van der Waals surface area contributed by atoms with E-state index in [4.69, 9.17) is 21.7 Å². The van der Waals surface area contributed by atoms with Gasteiger partial charge in [0.1, 0.15) is 6.61 Å². The average molecular weight is 410 g/mol. The first-order chi connectivity index (χ1) is 13.1. The van der Waals surface area contributed by atoms with Crippen molar-refractivity contribution in [3.8, 4) is 0 Å². The largest absolute Gasteiger partial charge is 0.463 e. The maximum atomic E-state index is 12.2. The lowest BCUT2D eigenvalue weighted by Crippen LogP contribution is -2.40. The summed E-state index contributed by atoms with van der Waals surface area (Å²) in [6, 6.07) is 6.75. The van der Waals surface area contributed by atoms with Crippen LogP contribution < -0.4 is 16.0 Å². The topological polar surface area (TPSA) is 106 Å². The smallest absolute Gasteiger partial charge is 0.306 e. The second kappa shape index (κ2) is 11.4. The van der Waals surface area contributed by atoms with Crippen molar-refractivity contribution in [2.75, 3.05) is 25.6 Å². The Morgan fingerprint density at radius 3 is 2.46 bits per heavy atom. The first-order valence-electron chi connectivity index (χ1n) is 8.78. The van der Waals surface area contributed by atoms with Gasteiger partial charge in [-0.25, -0.2) is 0 Å². The van der Waals surface area contributed by atoms with Crippen LogP contribution in [0.15, 0.2) is 24.3 Å². The standard InChI is InChI=1S/C19H27N3O5S/c1-19(2,3)22-17(25)13-6-5-7-14(12-13)20-18(28)21-15(23)8-9-16(24)27-11-10-26-4/h5-7,12H,8-11H2,1-4H3,(H,22,25)(H2,20,21,23,28). The summed E-state index contributed by atoms with van der Waals surface area (Å²) in [7, 11) is 1.50. The molecule has 0 aliphatic heterocycles. The van der Waals surface area contributed by atoms with Crippen molar-refractivity contribution in [3.63, 3.8) is 0 Å². The molecule has 0 aliphatic rings. The van der Waals surface area contributed by atoms with E-state index in [0.29, 0.717) is 17.9 Å². The number of nitrogens with one attached hydrogen (secondary N) is 3. The average Bonchev–Trinajstić information content (AvgIpc) is 2.59. The third kappa shape index (κ3) is 9.98. The van der Waals surface area contributed by atoms with Crippen LogP contribution in [-0.2, 0) is 19.1 Å². The van der Waals surface area contributed by atoms with Gasteiger partial charge in [0.05, 0.1) is 13.0 Å². The Morgan fingerprint density at radius 1 is 1.11 bits per heavy atom. The van der Waals surface area contributed by atoms with Gasteiger partial charge in [-0.1, -0.05) is 6.07 Å². The molecule has 0 bridgehead atoms. The van der Waals surface area contributed by atoms with Crippen LogP contribution in [0.5, 0.6) is 0 Å². The minimum Gasteiger partial charge on any atom is -0.463 e. The van der Waals surface area contributed by atoms with Crippen molar-refractivity contribution < 1.29 is 23.9 Å². The number of anilines is 1. The molecule has 0 heterocycles. The van der Waals surface area contributed by atoms with E-state index in [1.54, 1.807) is 24.3 Å². The molecule has 9 heteroatoms. The Labute approximate surface area is 170 Å². The molecule has 154 valence electrons. The third-order valence-electron chi connectivity index (χ3n) is 3.23. The maximum absolute atomic E-state index is 12.2. The minimum absolute atomic E-state index is 0.0539. The molecule has 2 amide bonds. The number of thiocarbonyl (C=S) groups is 1. The monoisotopic (exact) mass is 409 g/mol. The molecule has 8 nitrogen and oxygen atoms in total. The van der Waals surface area contributed by atoms with Crippen molar-refractivity contribution >= 4 is 40.8 Å². The summed E-state index contributed by atoms with van der Waals surface area (Å²) in [5.74, 6) is -1.11. The molecule has 0 atom stereocenters. The van der Waals surface area contributed by atoms with Crippen LogP contribution in [-0.4, -0.2) is 48.8 Å². The Morgan fingerprint density at radius 2 is 1.82 bits per heavy atom. The van der Waals surface area contributed by atoms with Gasteiger partial charge in [0.15, 0.2) is 5.11 Å². The van der Waals surface area contributed by atoms with Crippen LogP contribution in [0.1, 0.15) is 44.0 Å². The van der Waals surface area contributed by atoms with E-state index in [1.807, 2.05) is 20.8 Å². The summed E-state index contributed by atoms with van der Waals surface area (Å²) in [6.45, 7) is 6.13. The van der Waals surface area contributed by atoms with Gasteiger partial charge in [0.25, 0.3) is 5.91 Å². The van der Waals surface area contributed by atoms with E-state index in [-0.39, 0.29) is 36.0 Å². The normalized spacial score (nSPS) is 10.7. The Kier molecular flexibility index (Phi) is 9.54. The van der Waals surface area contributed by atoms with Crippen LogP contribution in [0.2, 0.25) is 0 Å². The molecule has 28 heavy (non-hydrogen) atoms. The highest BCUT2D eigenvalue weighted by molar-refractivity contribution is 7.80. The number of methoxy groups -OCH3 is 1. The Bertz CT molecular complexity index is 716. The fraction of sp³-hybridized carbons (Fsp3) is 0.474. The lowest BCUT2D eigenvalue weighted by Gasteiger charge is -2.20. The minimum atomic E-state index is -0.483. The second-order valence-electron chi connectivity index (χ2n) is 7.00. The number of hydrogen-bond donors (Lipinski definition) is 3. The van der Waals surface area contributed by atoms with Gasteiger partial charge in [-0.2, -0.15) is 0 Å². The SMILES string of the molecule is COCCOC(=O)CCC(=O)NC(=S)Nc1cccc(C(=O)NC(C)(C)C)c1. The number of ether oxygens (including phenoxy) is 2. The molecular formula is C19H27N3O5S. The zero-order valence-electron chi connectivity index (χ0n) is 16.6. The quantitative estimate of drug-likeness (QED) is 0.343. The van der Waals surface area contributed by atoms with Gasteiger partial charge in [-0.15, -0.1) is 0 Å². The molecule has 0 aromatic heterocycles. The highest BCUT2D eigenvalue weighted by atomic mass is 32.1. The number of rotatable bonds is 8. The molecule has 0 saturated carbocycles. The molecule has 0 saturated heterocycles. The van der Waals surface area contributed by atoms with E-state index in [1.165, 1.54) is 7.11 Å². The first kappa shape index (κ1) is 23.5. The van der Waals surface area contributed by atoms with Crippen molar-refractivity contribution in [3.05, 3.63) is 29.8 Å². The molecule has 1 rings (SSSR count).